The van der Waals surface area contributed by atoms with Crippen molar-refractivity contribution in [1.82, 2.24) is 15.5 Å². The van der Waals surface area contributed by atoms with E-state index >= 15 is 0 Å². The van der Waals surface area contributed by atoms with Gasteiger partial charge in [-0.3, -0.25) is 0 Å². The number of nitrogens with one attached hydrogen (secondary N) is 1. The molecular weight excluding hydrogens is 274 g/mol. The summed E-state index contributed by atoms with van der Waals surface area (Å²) in [5.74, 6) is 1.86. The van der Waals surface area contributed by atoms with Gasteiger partial charge in [-0.1, -0.05) is 31.1 Å². The smallest absolute Gasteiger partial charge is 0.257 e. The van der Waals surface area contributed by atoms with Crippen molar-refractivity contribution in [2.45, 2.75) is 39.2 Å². The molecule has 110 valence electrons. The monoisotopic (exact) mass is 295 g/mol. The van der Waals surface area contributed by atoms with Gasteiger partial charge in [0.15, 0.2) is 5.82 Å². The molecule has 0 amide bonds. The number of rotatable bonds is 5. The Morgan fingerprint density at radius 2 is 1.80 bits per heavy atom. The van der Waals surface area contributed by atoms with Gasteiger partial charge in [0.1, 0.15) is 0 Å². The Labute approximate surface area is 126 Å². The Hall–Kier alpha value is -1.39. The number of nitrogens with zero attached hydrogens (tertiary/aromatic N) is 2. The molecule has 1 unspecified atom stereocenters. The lowest BCUT2D eigenvalue weighted by molar-refractivity contribution is 0.418. The first-order chi connectivity index (χ1) is 9.10. The van der Waals surface area contributed by atoms with Crippen molar-refractivity contribution in [3.8, 4) is 11.5 Å². The fourth-order valence-corrected chi connectivity index (χ4v) is 1.84. The summed E-state index contributed by atoms with van der Waals surface area (Å²) in [5.41, 5.74) is 2.28. The van der Waals surface area contributed by atoms with Crippen LogP contribution in [0.3, 0.4) is 0 Å². The van der Waals surface area contributed by atoms with Crippen LogP contribution in [0.15, 0.2) is 28.8 Å². The number of hydrogen-bond donors (Lipinski definition) is 1. The molecule has 0 aliphatic carbocycles. The number of hydrogen-bond acceptors (Lipinski definition) is 4. The Morgan fingerprint density at radius 1 is 1.15 bits per heavy atom. The molecule has 0 fully saturated rings. The average molecular weight is 296 g/mol. The first kappa shape index (κ1) is 16.7. The van der Waals surface area contributed by atoms with Gasteiger partial charge in [0.2, 0.25) is 0 Å². The molecule has 0 bridgehead atoms. The molecule has 4 nitrogen and oxygen atoms in total. The Morgan fingerprint density at radius 3 is 2.35 bits per heavy atom. The zero-order chi connectivity index (χ0) is 13.8. The van der Waals surface area contributed by atoms with E-state index < -0.39 is 0 Å². The van der Waals surface area contributed by atoms with Gasteiger partial charge < -0.3 is 9.84 Å². The normalized spacial score (nSPS) is 12.2. The largest absolute Gasteiger partial charge is 0.334 e. The molecule has 0 radical (unpaired) electrons. The van der Waals surface area contributed by atoms with Crippen molar-refractivity contribution >= 4 is 12.4 Å². The molecule has 1 aromatic heterocycles. The molecule has 2 rings (SSSR count). The van der Waals surface area contributed by atoms with Crippen LogP contribution >= 0.6 is 12.4 Å². The van der Waals surface area contributed by atoms with Crippen LogP contribution in [0.2, 0.25) is 0 Å². The molecule has 0 aliphatic rings. The average Bonchev–Trinajstić information content (AvgIpc) is 2.87. The second-order valence-electron chi connectivity index (χ2n) is 5.19. The van der Waals surface area contributed by atoms with Crippen LogP contribution in [0.4, 0.5) is 0 Å². The standard InChI is InChI=1S/C15H21N3O.ClH/c1-10(2)12-5-7-13(8-6-12)15-17-14(18-19-15)9-11(3)16-4;/h5-8,10-11,16H,9H2,1-4H3;1H. The summed E-state index contributed by atoms with van der Waals surface area (Å²) in [4.78, 5) is 4.43. The first-order valence-corrected chi connectivity index (χ1v) is 6.70. The Bertz CT molecular complexity index is 522. The third kappa shape index (κ3) is 4.05. The summed E-state index contributed by atoms with van der Waals surface area (Å²) in [5, 5.41) is 7.17. The highest BCUT2D eigenvalue weighted by Crippen LogP contribution is 2.21. The lowest BCUT2D eigenvalue weighted by atomic mass is 10.0. The molecule has 1 heterocycles. The van der Waals surface area contributed by atoms with E-state index in [0.717, 1.165) is 17.8 Å². The third-order valence-electron chi connectivity index (χ3n) is 3.27. The molecule has 0 aliphatic heterocycles. The van der Waals surface area contributed by atoms with Crippen LogP contribution in [0.25, 0.3) is 11.5 Å². The van der Waals surface area contributed by atoms with Crippen molar-refractivity contribution in [2.75, 3.05) is 7.05 Å². The highest BCUT2D eigenvalue weighted by molar-refractivity contribution is 5.85. The van der Waals surface area contributed by atoms with E-state index in [-0.39, 0.29) is 12.4 Å². The van der Waals surface area contributed by atoms with Crippen LogP contribution in [-0.4, -0.2) is 23.2 Å². The first-order valence-electron chi connectivity index (χ1n) is 6.70. The molecule has 1 aromatic carbocycles. The van der Waals surface area contributed by atoms with E-state index in [1.807, 2.05) is 19.2 Å². The van der Waals surface area contributed by atoms with Gasteiger partial charge in [-0.15, -0.1) is 12.4 Å². The molecule has 5 heteroatoms. The molecule has 0 spiro atoms. The van der Waals surface area contributed by atoms with Crippen LogP contribution in [0.1, 0.15) is 38.1 Å². The van der Waals surface area contributed by atoms with Crippen LogP contribution in [-0.2, 0) is 6.42 Å². The predicted molar refractivity (Wildman–Crippen MR) is 83.3 cm³/mol. The maximum Gasteiger partial charge on any atom is 0.257 e. The van der Waals surface area contributed by atoms with Crippen molar-refractivity contribution in [3.05, 3.63) is 35.7 Å². The van der Waals surface area contributed by atoms with E-state index in [2.05, 4.69) is 48.4 Å². The summed E-state index contributed by atoms with van der Waals surface area (Å²) in [7, 11) is 1.93. The molecule has 20 heavy (non-hydrogen) atoms. The fraction of sp³-hybridized carbons (Fsp3) is 0.467. The summed E-state index contributed by atoms with van der Waals surface area (Å²) in [6.45, 7) is 6.45. The van der Waals surface area contributed by atoms with Crippen molar-refractivity contribution < 1.29 is 4.52 Å². The fourth-order valence-electron chi connectivity index (χ4n) is 1.84. The van der Waals surface area contributed by atoms with E-state index in [4.69, 9.17) is 4.52 Å². The summed E-state index contributed by atoms with van der Waals surface area (Å²) in [6, 6.07) is 8.64. The van der Waals surface area contributed by atoms with Gasteiger partial charge in [-0.25, -0.2) is 0 Å². The topological polar surface area (TPSA) is 51.0 Å². The maximum atomic E-state index is 5.31. The Kier molecular flexibility index (Phi) is 6.17. The molecule has 2 aromatic rings. The third-order valence-corrected chi connectivity index (χ3v) is 3.27. The summed E-state index contributed by atoms with van der Waals surface area (Å²) >= 11 is 0. The highest BCUT2D eigenvalue weighted by Gasteiger charge is 2.11. The number of aromatic nitrogens is 2. The van der Waals surface area contributed by atoms with E-state index in [9.17, 15) is 0 Å². The van der Waals surface area contributed by atoms with E-state index in [1.165, 1.54) is 5.56 Å². The van der Waals surface area contributed by atoms with Crippen LogP contribution in [0, 0.1) is 0 Å². The minimum atomic E-state index is 0. The summed E-state index contributed by atoms with van der Waals surface area (Å²) < 4.78 is 5.31. The Balaban J connectivity index is 0.00000200. The second kappa shape index (κ2) is 7.41. The maximum absolute atomic E-state index is 5.31. The molecule has 0 saturated heterocycles. The van der Waals surface area contributed by atoms with Gasteiger partial charge in [0.25, 0.3) is 5.89 Å². The van der Waals surface area contributed by atoms with Crippen molar-refractivity contribution in [3.63, 3.8) is 0 Å². The van der Waals surface area contributed by atoms with Gasteiger partial charge in [-0.2, -0.15) is 4.98 Å². The van der Waals surface area contributed by atoms with Gasteiger partial charge in [0, 0.05) is 18.0 Å². The lowest BCUT2D eigenvalue weighted by Gasteiger charge is -2.05. The van der Waals surface area contributed by atoms with E-state index in [1.54, 1.807) is 0 Å². The predicted octanol–water partition coefficient (Wildman–Crippen LogP) is 3.43. The summed E-state index contributed by atoms with van der Waals surface area (Å²) in [6.07, 6.45) is 0.768. The second-order valence-corrected chi connectivity index (χ2v) is 5.19. The zero-order valence-electron chi connectivity index (χ0n) is 12.4. The van der Waals surface area contributed by atoms with Crippen LogP contribution < -0.4 is 5.32 Å². The molecule has 1 N–H and O–H groups in total. The highest BCUT2D eigenvalue weighted by atomic mass is 35.5. The van der Waals surface area contributed by atoms with E-state index in [0.29, 0.717) is 17.9 Å². The van der Waals surface area contributed by atoms with Crippen molar-refractivity contribution in [2.24, 2.45) is 0 Å². The van der Waals surface area contributed by atoms with Gasteiger partial charge in [-0.05, 0) is 37.6 Å². The molecule has 0 saturated carbocycles. The minimum Gasteiger partial charge on any atom is -0.334 e. The van der Waals surface area contributed by atoms with Crippen LogP contribution in [0.5, 0.6) is 0 Å². The SMILES string of the molecule is CNC(C)Cc1noc(-c2ccc(C(C)C)cc2)n1.Cl. The zero-order valence-corrected chi connectivity index (χ0v) is 13.2. The molecule has 1 atom stereocenters. The number of benzene rings is 1. The van der Waals surface area contributed by atoms with Gasteiger partial charge in [0.05, 0.1) is 0 Å². The lowest BCUT2D eigenvalue weighted by Crippen LogP contribution is -2.24. The minimum absolute atomic E-state index is 0. The van der Waals surface area contributed by atoms with Crippen molar-refractivity contribution in [1.29, 1.82) is 0 Å². The quantitative estimate of drug-likeness (QED) is 0.918. The number of likely N-dealkylation sites (N-methyl/N-ethyl adjacent to an activating group) is 1. The van der Waals surface area contributed by atoms with Gasteiger partial charge >= 0.3 is 0 Å². The molecular formula is C15H22ClN3O. The number of halogens is 1.